The van der Waals surface area contributed by atoms with Gasteiger partial charge >= 0.3 is 5.97 Å². The zero-order valence-corrected chi connectivity index (χ0v) is 10.4. The molecule has 1 unspecified atom stereocenters. The highest BCUT2D eigenvalue weighted by atomic mass is 19.1. The molecular formula is C13H14FNO4. The average Bonchev–Trinajstić information content (AvgIpc) is 2.35. The molecule has 0 saturated heterocycles. The van der Waals surface area contributed by atoms with Gasteiger partial charge in [0.15, 0.2) is 5.78 Å². The van der Waals surface area contributed by atoms with Crippen LogP contribution in [0.15, 0.2) is 24.3 Å². The Labute approximate surface area is 109 Å². The molecular weight excluding hydrogens is 253 g/mol. The number of Topliss-reactive ketones (excluding diaryl/α,β-unsaturated/α-hetero) is 1. The van der Waals surface area contributed by atoms with E-state index in [1.807, 2.05) is 0 Å². The number of aliphatic carboxylic acids is 1. The first-order chi connectivity index (χ1) is 8.90. The molecule has 0 radical (unpaired) electrons. The van der Waals surface area contributed by atoms with Crippen LogP contribution in [0.3, 0.4) is 0 Å². The van der Waals surface area contributed by atoms with E-state index in [4.69, 9.17) is 5.11 Å². The van der Waals surface area contributed by atoms with Gasteiger partial charge in [-0.3, -0.25) is 14.4 Å². The van der Waals surface area contributed by atoms with Gasteiger partial charge in [-0.1, -0.05) is 19.1 Å². The standard InChI is InChI=1S/C13H14FNO4/c1-8(5-11(16)15-7-12(17)18)13(19)9-3-2-4-10(14)6-9/h2-4,6,8H,5,7H2,1H3,(H,15,16)(H,17,18). The number of ketones is 1. The first-order valence-corrected chi connectivity index (χ1v) is 5.68. The second-order valence-corrected chi connectivity index (χ2v) is 4.15. The van der Waals surface area contributed by atoms with Gasteiger partial charge in [-0.05, 0) is 12.1 Å². The molecule has 0 heterocycles. The highest BCUT2D eigenvalue weighted by molar-refractivity contribution is 5.99. The minimum Gasteiger partial charge on any atom is -0.480 e. The SMILES string of the molecule is CC(CC(=O)NCC(=O)O)C(=O)c1cccc(F)c1. The minimum atomic E-state index is -1.16. The number of amides is 1. The number of halogens is 1. The van der Waals surface area contributed by atoms with E-state index < -0.39 is 30.2 Å². The maximum absolute atomic E-state index is 13.0. The van der Waals surface area contributed by atoms with E-state index in [1.165, 1.54) is 25.1 Å². The molecule has 1 amide bonds. The van der Waals surface area contributed by atoms with Crippen LogP contribution < -0.4 is 5.32 Å². The molecule has 0 bridgehead atoms. The van der Waals surface area contributed by atoms with E-state index in [9.17, 15) is 18.8 Å². The number of rotatable bonds is 6. The molecule has 0 saturated carbocycles. The van der Waals surface area contributed by atoms with Gasteiger partial charge in [-0.15, -0.1) is 0 Å². The summed E-state index contributed by atoms with van der Waals surface area (Å²) in [5, 5.41) is 10.6. The topological polar surface area (TPSA) is 83.5 Å². The second kappa shape index (κ2) is 6.63. The number of hydrogen-bond acceptors (Lipinski definition) is 3. The van der Waals surface area contributed by atoms with Crippen molar-refractivity contribution in [3.05, 3.63) is 35.6 Å². The van der Waals surface area contributed by atoms with E-state index in [-0.39, 0.29) is 17.8 Å². The second-order valence-electron chi connectivity index (χ2n) is 4.15. The van der Waals surface area contributed by atoms with Crippen molar-refractivity contribution in [3.63, 3.8) is 0 Å². The predicted molar refractivity (Wildman–Crippen MR) is 65.2 cm³/mol. The van der Waals surface area contributed by atoms with Gasteiger partial charge in [0.05, 0.1) is 0 Å². The molecule has 1 aromatic rings. The molecule has 2 N–H and O–H groups in total. The van der Waals surface area contributed by atoms with Crippen molar-refractivity contribution >= 4 is 17.7 Å². The summed E-state index contributed by atoms with van der Waals surface area (Å²) in [7, 11) is 0. The molecule has 1 rings (SSSR count). The lowest BCUT2D eigenvalue weighted by atomic mass is 9.96. The molecule has 0 aliphatic heterocycles. The smallest absolute Gasteiger partial charge is 0.322 e. The molecule has 0 aliphatic carbocycles. The van der Waals surface area contributed by atoms with E-state index in [2.05, 4.69) is 5.32 Å². The Morgan fingerprint density at radius 1 is 1.37 bits per heavy atom. The summed E-state index contributed by atoms with van der Waals surface area (Å²) < 4.78 is 13.0. The van der Waals surface area contributed by atoms with Crippen LogP contribution in [-0.4, -0.2) is 29.3 Å². The molecule has 0 aromatic heterocycles. The number of nitrogens with one attached hydrogen (secondary N) is 1. The lowest BCUT2D eigenvalue weighted by Gasteiger charge is -2.10. The molecule has 5 nitrogen and oxygen atoms in total. The monoisotopic (exact) mass is 267 g/mol. The summed E-state index contributed by atoms with van der Waals surface area (Å²) in [6, 6.07) is 5.21. The van der Waals surface area contributed by atoms with Crippen molar-refractivity contribution in [2.45, 2.75) is 13.3 Å². The number of carbonyl (C=O) groups excluding carboxylic acids is 2. The van der Waals surface area contributed by atoms with Crippen molar-refractivity contribution in [3.8, 4) is 0 Å². The van der Waals surface area contributed by atoms with Crippen LogP contribution in [0.25, 0.3) is 0 Å². The number of carboxylic acid groups (broad SMARTS) is 1. The summed E-state index contributed by atoms with van der Waals surface area (Å²) >= 11 is 0. The molecule has 1 atom stereocenters. The molecule has 0 spiro atoms. The van der Waals surface area contributed by atoms with Crippen molar-refractivity contribution in [2.75, 3.05) is 6.54 Å². The maximum Gasteiger partial charge on any atom is 0.322 e. The van der Waals surface area contributed by atoms with Crippen molar-refractivity contribution in [1.82, 2.24) is 5.32 Å². The van der Waals surface area contributed by atoms with Gasteiger partial charge in [0.2, 0.25) is 5.91 Å². The van der Waals surface area contributed by atoms with Crippen molar-refractivity contribution in [1.29, 1.82) is 0 Å². The number of hydrogen-bond donors (Lipinski definition) is 2. The number of carboxylic acids is 1. The molecule has 0 fully saturated rings. The fourth-order valence-electron chi connectivity index (χ4n) is 1.54. The Morgan fingerprint density at radius 3 is 2.63 bits per heavy atom. The average molecular weight is 267 g/mol. The van der Waals surface area contributed by atoms with Gasteiger partial charge in [0.1, 0.15) is 12.4 Å². The first kappa shape index (κ1) is 14.8. The molecule has 102 valence electrons. The normalized spacial score (nSPS) is 11.7. The number of benzene rings is 1. The summed E-state index contributed by atoms with van der Waals surface area (Å²) in [5.41, 5.74) is 0.193. The van der Waals surface area contributed by atoms with Crippen LogP contribution in [0.1, 0.15) is 23.7 Å². The van der Waals surface area contributed by atoms with E-state index in [0.29, 0.717) is 0 Å². The van der Waals surface area contributed by atoms with Crippen LogP contribution in [0, 0.1) is 11.7 Å². The van der Waals surface area contributed by atoms with Gasteiger partial charge in [0, 0.05) is 17.9 Å². The van der Waals surface area contributed by atoms with Gasteiger partial charge in [0.25, 0.3) is 0 Å². The summed E-state index contributed by atoms with van der Waals surface area (Å²) in [6.45, 7) is 1.05. The van der Waals surface area contributed by atoms with E-state index >= 15 is 0 Å². The summed E-state index contributed by atoms with van der Waals surface area (Å²) in [6.07, 6.45) is -0.136. The zero-order chi connectivity index (χ0) is 14.4. The van der Waals surface area contributed by atoms with Crippen LogP contribution in [0.4, 0.5) is 4.39 Å². The first-order valence-electron chi connectivity index (χ1n) is 5.68. The predicted octanol–water partition coefficient (Wildman–Crippen LogP) is 1.24. The third-order valence-electron chi connectivity index (χ3n) is 2.49. The third-order valence-corrected chi connectivity index (χ3v) is 2.49. The van der Waals surface area contributed by atoms with E-state index in [1.54, 1.807) is 0 Å². The maximum atomic E-state index is 13.0. The van der Waals surface area contributed by atoms with Crippen LogP contribution in [0.5, 0.6) is 0 Å². The Balaban J connectivity index is 2.58. The zero-order valence-electron chi connectivity index (χ0n) is 10.4. The van der Waals surface area contributed by atoms with Gasteiger partial charge in [-0.2, -0.15) is 0 Å². The Bertz CT molecular complexity index is 501. The number of carbonyl (C=O) groups is 3. The van der Waals surface area contributed by atoms with Gasteiger partial charge in [-0.25, -0.2) is 4.39 Å². The van der Waals surface area contributed by atoms with Gasteiger partial charge < -0.3 is 10.4 Å². The Hall–Kier alpha value is -2.24. The lowest BCUT2D eigenvalue weighted by molar-refractivity contribution is -0.138. The molecule has 1 aromatic carbocycles. The largest absolute Gasteiger partial charge is 0.480 e. The fraction of sp³-hybridized carbons (Fsp3) is 0.308. The Kier molecular flexibility index (Phi) is 5.17. The third kappa shape index (κ3) is 4.87. The molecule has 6 heteroatoms. The fourth-order valence-corrected chi connectivity index (χ4v) is 1.54. The summed E-state index contributed by atoms with van der Waals surface area (Å²) in [5.74, 6) is -3.20. The molecule has 0 aliphatic rings. The van der Waals surface area contributed by atoms with Crippen molar-refractivity contribution < 1.29 is 23.9 Å². The van der Waals surface area contributed by atoms with Crippen LogP contribution in [-0.2, 0) is 9.59 Å². The highest BCUT2D eigenvalue weighted by Gasteiger charge is 2.19. The highest BCUT2D eigenvalue weighted by Crippen LogP contribution is 2.13. The van der Waals surface area contributed by atoms with Crippen LogP contribution >= 0.6 is 0 Å². The van der Waals surface area contributed by atoms with E-state index in [0.717, 1.165) is 6.07 Å². The Morgan fingerprint density at radius 2 is 2.05 bits per heavy atom. The molecule has 19 heavy (non-hydrogen) atoms. The lowest BCUT2D eigenvalue weighted by Crippen LogP contribution is -2.31. The minimum absolute atomic E-state index is 0.136. The van der Waals surface area contributed by atoms with Crippen LogP contribution in [0.2, 0.25) is 0 Å². The van der Waals surface area contributed by atoms with Crippen molar-refractivity contribution in [2.24, 2.45) is 5.92 Å². The quantitative estimate of drug-likeness (QED) is 0.759. The summed E-state index contributed by atoms with van der Waals surface area (Å²) in [4.78, 5) is 33.5.